The van der Waals surface area contributed by atoms with E-state index in [9.17, 15) is 13.2 Å². The van der Waals surface area contributed by atoms with Crippen LogP contribution in [0.2, 0.25) is 0 Å². The first kappa shape index (κ1) is 35.1. The summed E-state index contributed by atoms with van der Waals surface area (Å²) in [4.78, 5) is 13.8. The summed E-state index contributed by atoms with van der Waals surface area (Å²) in [5.74, 6) is 2.10. The number of halogens is 2. The van der Waals surface area contributed by atoms with E-state index in [4.69, 9.17) is 37.4 Å². The van der Waals surface area contributed by atoms with Gasteiger partial charge in [0.05, 0.1) is 44.9 Å². The van der Waals surface area contributed by atoms with E-state index < -0.39 is 10.0 Å². The van der Waals surface area contributed by atoms with E-state index >= 15 is 0 Å². The number of fused-ring (bicyclic) bond motifs is 1. The molecule has 3 aliphatic rings. The topological polar surface area (TPSA) is 118 Å². The van der Waals surface area contributed by atoms with Gasteiger partial charge in [-0.05, 0) is 75.7 Å². The Kier molecular flexibility index (Phi) is 15.8. The normalized spacial score (nSPS) is 31.0. The minimum atomic E-state index is -3.37. The Hall–Kier alpha value is -0.400. The van der Waals surface area contributed by atoms with Crippen molar-refractivity contribution in [1.82, 2.24) is 20.3 Å². The lowest BCUT2D eigenvalue weighted by molar-refractivity contribution is 0.0108. The van der Waals surface area contributed by atoms with E-state index in [0.29, 0.717) is 89.2 Å². The van der Waals surface area contributed by atoms with Crippen LogP contribution in [0.3, 0.4) is 0 Å². The van der Waals surface area contributed by atoms with Gasteiger partial charge in [-0.2, -0.15) is 0 Å². The van der Waals surface area contributed by atoms with Crippen LogP contribution in [0, 0.1) is 23.7 Å². The molecular weight excluding hydrogens is 591 g/mol. The molecule has 0 aromatic rings. The summed E-state index contributed by atoms with van der Waals surface area (Å²) in [5.41, 5.74) is 0. The number of hydrogen-bond acceptors (Lipinski definition) is 7. The molecule has 3 N–H and O–H groups in total. The number of urea groups is 1. The second-order valence-corrected chi connectivity index (χ2v) is 15.0. The Morgan fingerprint density at radius 2 is 1.39 bits per heavy atom. The van der Waals surface area contributed by atoms with Gasteiger partial charge in [0.15, 0.2) is 0 Å². The highest BCUT2D eigenvalue weighted by atomic mass is 35.5. The maximum absolute atomic E-state index is 12.9. The van der Waals surface area contributed by atoms with Gasteiger partial charge in [-0.15, -0.1) is 23.2 Å². The van der Waals surface area contributed by atoms with Gasteiger partial charge in [-0.3, -0.25) is 0 Å². The number of carbonyl (C=O) groups is 1. The first-order valence-corrected chi connectivity index (χ1v) is 17.8. The molecule has 13 heteroatoms. The highest BCUT2D eigenvalue weighted by Crippen LogP contribution is 2.48. The average molecular weight is 644 g/mol. The van der Waals surface area contributed by atoms with Crippen molar-refractivity contribution >= 4 is 39.3 Å². The second kappa shape index (κ2) is 18.4. The van der Waals surface area contributed by atoms with E-state index in [1.807, 2.05) is 6.92 Å². The number of carbonyl (C=O) groups excluding carboxylic acids is 1. The molecule has 5 atom stereocenters. The molecule has 0 aromatic carbocycles. The minimum absolute atomic E-state index is 0.134. The van der Waals surface area contributed by atoms with Crippen LogP contribution in [0.5, 0.6) is 0 Å². The van der Waals surface area contributed by atoms with Crippen molar-refractivity contribution < 1.29 is 27.4 Å². The lowest BCUT2D eigenvalue weighted by Gasteiger charge is -2.51. The van der Waals surface area contributed by atoms with Gasteiger partial charge < -0.3 is 29.7 Å². The van der Waals surface area contributed by atoms with Crippen LogP contribution in [0.25, 0.3) is 0 Å². The average Bonchev–Trinajstić information content (AvgIpc) is 2.94. The summed E-state index contributed by atoms with van der Waals surface area (Å²) in [6.45, 7) is 7.82. The molecule has 0 radical (unpaired) electrons. The van der Waals surface area contributed by atoms with E-state index in [1.54, 1.807) is 0 Å². The maximum Gasteiger partial charge on any atom is 0.314 e. The summed E-state index contributed by atoms with van der Waals surface area (Å²) in [6.07, 6.45) is 6.09. The summed E-state index contributed by atoms with van der Waals surface area (Å²) < 4.78 is 45.0. The molecule has 10 nitrogen and oxygen atoms in total. The quantitative estimate of drug-likeness (QED) is 0.165. The molecule has 41 heavy (non-hydrogen) atoms. The molecule has 0 bridgehead atoms. The Morgan fingerprint density at radius 1 is 0.805 bits per heavy atom. The summed E-state index contributed by atoms with van der Waals surface area (Å²) in [7, 11) is -1.19. The molecule has 4 unspecified atom stereocenters. The summed E-state index contributed by atoms with van der Waals surface area (Å²) >= 11 is 13.3. The Morgan fingerprint density at radius 3 is 2.05 bits per heavy atom. The Bertz CT molecular complexity index is 865. The van der Waals surface area contributed by atoms with Crippen molar-refractivity contribution in [1.29, 1.82) is 0 Å². The minimum Gasteiger partial charge on any atom is -0.378 e. The molecule has 3 fully saturated rings. The van der Waals surface area contributed by atoms with E-state index in [1.165, 1.54) is 0 Å². The van der Waals surface area contributed by atoms with Crippen LogP contribution in [0.1, 0.15) is 51.9 Å². The van der Waals surface area contributed by atoms with Crippen molar-refractivity contribution in [3.05, 3.63) is 0 Å². The molecule has 0 aromatic heterocycles. The van der Waals surface area contributed by atoms with Crippen LogP contribution in [-0.4, -0.2) is 115 Å². The summed E-state index contributed by atoms with van der Waals surface area (Å²) in [6, 6.07) is -0.185. The number of nitrogens with zero attached hydrogens (tertiary/aromatic N) is 1. The fourth-order valence-corrected chi connectivity index (χ4v) is 9.17. The van der Waals surface area contributed by atoms with Crippen molar-refractivity contribution in [2.24, 2.45) is 23.7 Å². The van der Waals surface area contributed by atoms with Crippen molar-refractivity contribution in [2.45, 2.75) is 67.9 Å². The molecule has 2 amide bonds. The summed E-state index contributed by atoms with van der Waals surface area (Å²) in [5, 5.41) is 5.39. The smallest absolute Gasteiger partial charge is 0.314 e. The SMILES string of the molecule is CCCNC(=O)NCCOCCOCCOCCNS(=O)(=O)C1CCC([C@@H]2CN(C)CC3C(Cl)CC(Cl)CC32)CC1. The van der Waals surface area contributed by atoms with E-state index in [2.05, 4.69) is 27.3 Å². The number of piperidine rings is 1. The molecular formula is C28H52Cl2N4O6S. The predicted molar refractivity (Wildman–Crippen MR) is 163 cm³/mol. The Balaban J connectivity index is 1.22. The van der Waals surface area contributed by atoms with Crippen molar-refractivity contribution in [3.63, 3.8) is 0 Å². The van der Waals surface area contributed by atoms with Crippen LogP contribution >= 0.6 is 23.2 Å². The maximum atomic E-state index is 12.9. The molecule has 1 heterocycles. The number of nitrogens with one attached hydrogen (secondary N) is 3. The van der Waals surface area contributed by atoms with Gasteiger partial charge in [-0.1, -0.05) is 6.92 Å². The number of alkyl halides is 2. The lowest BCUT2D eigenvalue weighted by atomic mass is 9.63. The molecule has 0 spiro atoms. The van der Waals surface area contributed by atoms with Gasteiger partial charge in [0.2, 0.25) is 10.0 Å². The highest BCUT2D eigenvalue weighted by molar-refractivity contribution is 7.90. The van der Waals surface area contributed by atoms with Gasteiger partial charge in [0, 0.05) is 43.5 Å². The molecule has 2 aliphatic carbocycles. The number of ether oxygens (including phenoxy) is 3. The van der Waals surface area contributed by atoms with Gasteiger partial charge in [0.1, 0.15) is 0 Å². The van der Waals surface area contributed by atoms with Gasteiger partial charge >= 0.3 is 6.03 Å². The molecule has 2 saturated carbocycles. The Labute approximate surface area is 257 Å². The third-order valence-electron chi connectivity index (χ3n) is 8.74. The second-order valence-electron chi connectivity index (χ2n) is 11.8. The monoisotopic (exact) mass is 642 g/mol. The van der Waals surface area contributed by atoms with Crippen LogP contribution in [-0.2, 0) is 24.2 Å². The zero-order valence-corrected chi connectivity index (χ0v) is 27.2. The number of hydrogen-bond donors (Lipinski definition) is 3. The highest BCUT2D eigenvalue weighted by Gasteiger charge is 2.47. The third kappa shape index (κ3) is 11.9. The molecule has 1 aliphatic heterocycles. The van der Waals surface area contributed by atoms with Crippen LogP contribution < -0.4 is 15.4 Å². The van der Waals surface area contributed by atoms with Gasteiger partial charge in [0.25, 0.3) is 0 Å². The zero-order valence-electron chi connectivity index (χ0n) is 24.8. The number of rotatable bonds is 17. The molecule has 1 saturated heterocycles. The fourth-order valence-electron chi connectivity index (χ4n) is 6.70. The molecule has 3 rings (SSSR count). The fraction of sp³-hybridized carbons (Fsp3) is 0.964. The zero-order chi connectivity index (χ0) is 29.7. The van der Waals surface area contributed by atoms with Crippen LogP contribution in [0.15, 0.2) is 0 Å². The molecule has 240 valence electrons. The largest absolute Gasteiger partial charge is 0.378 e. The first-order valence-electron chi connectivity index (χ1n) is 15.4. The van der Waals surface area contributed by atoms with Crippen molar-refractivity contribution in [3.8, 4) is 0 Å². The lowest BCUT2D eigenvalue weighted by Crippen LogP contribution is -2.53. The van der Waals surface area contributed by atoms with Crippen molar-refractivity contribution in [2.75, 3.05) is 79.4 Å². The third-order valence-corrected chi connectivity index (χ3v) is 11.6. The van der Waals surface area contributed by atoms with Gasteiger partial charge in [-0.25, -0.2) is 17.9 Å². The number of sulfonamides is 1. The van der Waals surface area contributed by atoms with E-state index in [-0.39, 0.29) is 28.6 Å². The standard InChI is InChI=1S/C28H52Cl2N4O6S/c1-3-8-31-28(35)32-9-11-38-13-15-40-16-14-39-12-10-33-41(36,37)23-6-4-21(5-7-23)25-19-34(2)20-26-24(25)17-22(29)18-27(26)30/h21-27,33H,3-20H2,1-2H3,(H2,31,32,35)/t21?,22?,23?,24?,25-,26?,27?/m0/s1. The predicted octanol–water partition coefficient (Wildman–Crippen LogP) is 3.03. The van der Waals surface area contributed by atoms with E-state index in [0.717, 1.165) is 45.2 Å². The van der Waals surface area contributed by atoms with Crippen LogP contribution in [0.4, 0.5) is 4.79 Å². The number of likely N-dealkylation sites (tertiary alicyclic amines) is 1. The first-order chi connectivity index (χ1) is 19.7. The number of amides is 2.